The molecule has 0 saturated heterocycles. The van der Waals surface area contributed by atoms with Crippen molar-refractivity contribution < 1.29 is 14.0 Å². The smallest absolute Gasteiger partial charge is 0.147 e. The van der Waals surface area contributed by atoms with E-state index in [9.17, 15) is 0 Å². The van der Waals surface area contributed by atoms with Crippen molar-refractivity contribution in [2.75, 3.05) is 0 Å². The zero-order chi connectivity index (χ0) is 35.7. The molecular formula is C39H91N4+3. The van der Waals surface area contributed by atoms with Crippen LogP contribution in [0, 0.1) is 0 Å². The predicted molar refractivity (Wildman–Crippen MR) is 201 cm³/mol. The molecule has 4 nitrogen and oxygen atoms in total. The summed E-state index contributed by atoms with van der Waals surface area (Å²) in [5.41, 5.74) is 1.41. The summed E-state index contributed by atoms with van der Waals surface area (Å²) in [7, 11) is 0. The lowest BCUT2D eigenvalue weighted by Gasteiger charge is -2.52. The second-order valence-corrected chi connectivity index (χ2v) is 16.5. The summed E-state index contributed by atoms with van der Waals surface area (Å²) < 4.78 is 3.64. The third-order valence-electron chi connectivity index (χ3n) is 9.00. The van der Waals surface area contributed by atoms with E-state index >= 15 is 0 Å². The fraction of sp³-hybridized carbons (Fsp3) is 0.974. The molecule has 4 heteroatoms. The quantitative estimate of drug-likeness (QED) is 0.131. The average molecular weight is 616 g/mol. The van der Waals surface area contributed by atoms with Crippen LogP contribution in [-0.4, -0.2) is 92.2 Å². The molecule has 0 unspecified atom stereocenters. The molecule has 0 radical (unpaired) electrons. The molecule has 0 aromatic rings. The molecule has 1 N–H and O–H groups in total. The molecule has 0 aromatic heterocycles. The molecule has 0 heterocycles. The van der Waals surface area contributed by atoms with Crippen LogP contribution in [0.1, 0.15) is 180 Å². The average Bonchev–Trinajstić information content (AvgIpc) is 2.71. The highest BCUT2D eigenvalue weighted by Gasteiger charge is 2.40. The van der Waals surface area contributed by atoms with E-state index in [2.05, 4.69) is 189 Å². The van der Waals surface area contributed by atoms with Gasteiger partial charge in [-0.15, -0.1) is 0 Å². The summed E-state index contributed by atoms with van der Waals surface area (Å²) in [6.45, 7) is 59.2. The van der Waals surface area contributed by atoms with Crippen LogP contribution in [0.5, 0.6) is 0 Å². The molecule has 0 saturated carbocycles. The summed E-state index contributed by atoms with van der Waals surface area (Å²) in [4.78, 5) is 4.19. The van der Waals surface area contributed by atoms with E-state index in [4.69, 9.17) is 0 Å². The fourth-order valence-corrected chi connectivity index (χ4v) is 9.00. The van der Waals surface area contributed by atoms with Crippen molar-refractivity contribution in [3.63, 3.8) is 0 Å². The minimum Gasteiger partial charge on any atom is -0.329 e. The van der Waals surface area contributed by atoms with Crippen LogP contribution in [0.15, 0.2) is 0 Å². The van der Waals surface area contributed by atoms with Crippen molar-refractivity contribution in [1.29, 1.82) is 0 Å². The van der Waals surface area contributed by atoms with Gasteiger partial charge in [0, 0.05) is 32.0 Å². The zero-order valence-electron chi connectivity index (χ0n) is 35.3. The van der Waals surface area contributed by atoms with Crippen LogP contribution in [0.3, 0.4) is 0 Å². The van der Waals surface area contributed by atoms with Gasteiger partial charge in [-0.05, 0) is 166 Å². The van der Waals surface area contributed by atoms with Gasteiger partial charge in [0.2, 0.25) is 0 Å². The standard InChI is InChI=1S/C12H28N.2C9H21N.C9H20N/c1-9(2)13(10(3)4,11(5)6)12(7)8;3*1-7(2)10(8(3)4)9(5)6/h9-12H,1-8H3;2*7-9H,1-6H3;7-8H,1-6H3/q+1;;;+1/p+1. The van der Waals surface area contributed by atoms with E-state index in [0.29, 0.717) is 54.4 Å². The Hall–Kier alpha value is -0.450. The Kier molecular flexibility index (Phi) is 27.4. The first-order valence-corrected chi connectivity index (χ1v) is 18.3. The third-order valence-corrected chi connectivity index (χ3v) is 9.00. The lowest BCUT2D eigenvalue weighted by Crippen LogP contribution is -3.20. The van der Waals surface area contributed by atoms with Gasteiger partial charge < -0.3 is 9.38 Å². The monoisotopic (exact) mass is 616 g/mol. The Bertz CT molecular complexity index is 566. The maximum absolute atomic E-state index is 2.50. The van der Waals surface area contributed by atoms with Crippen LogP contribution in [0.4, 0.5) is 0 Å². The number of hydrogen-bond donors (Lipinski definition) is 1. The van der Waals surface area contributed by atoms with Gasteiger partial charge in [-0.3, -0.25) is 4.90 Å². The number of rotatable bonds is 12. The van der Waals surface area contributed by atoms with E-state index in [0.717, 1.165) is 18.1 Å². The Morgan fingerprint density at radius 2 is 0.628 bits per heavy atom. The van der Waals surface area contributed by atoms with Gasteiger partial charge in [-0.2, -0.15) is 0 Å². The number of nitrogens with zero attached hydrogens (tertiary/aromatic N) is 3. The lowest BCUT2D eigenvalue weighted by molar-refractivity contribution is -1.00. The SMILES string of the molecule is CC(C)=[N+](C(C)C)C(C)C.CC(C)N(C(C)C)C(C)C.CC(C)[N+](C(C)C)(C(C)C)C(C)C.CC(C)[NH+](C(C)C)C(C)C. The molecule has 0 aromatic carbocycles. The molecule has 0 fully saturated rings. The molecule has 0 bridgehead atoms. The van der Waals surface area contributed by atoms with Crippen LogP contribution in [0.2, 0.25) is 0 Å². The summed E-state index contributed by atoms with van der Waals surface area (Å²) in [6, 6.07) is 8.34. The van der Waals surface area contributed by atoms with Crippen molar-refractivity contribution in [3.05, 3.63) is 0 Å². The first kappa shape index (κ1) is 49.4. The van der Waals surface area contributed by atoms with Crippen molar-refractivity contribution in [2.24, 2.45) is 0 Å². The molecule has 0 aliphatic carbocycles. The van der Waals surface area contributed by atoms with Crippen LogP contribution >= 0.6 is 0 Å². The summed E-state index contributed by atoms with van der Waals surface area (Å²) in [6.07, 6.45) is 0. The Balaban J connectivity index is -0.000000238. The molecule has 0 aliphatic heterocycles. The van der Waals surface area contributed by atoms with Gasteiger partial charge in [0.15, 0.2) is 0 Å². The van der Waals surface area contributed by atoms with Gasteiger partial charge in [-0.1, -0.05) is 0 Å². The van der Waals surface area contributed by atoms with Crippen molar-refractivity contribution >= 4 is 5.71 Å². The molecule has 0 spiro atoms. The van der Waals surface area contributed by atoms with Gasteiger partial charge in [0.05, 0.1) is 42.3 Å². The Morgan fingerprint density at radius 1 is 0.419 bits per heavy atom. The minimum absolute atomic E-state index is 0.630. The van der Waals surface area contributed by atoms with Crippen LogP contribution < -0.4 is 4.90 Å². The van der Waals surface area contributed by atoms with Crippen molar-refractivity contribution in [1.82, 2.24) is 4.90 Å². The summed E-state index contributed by atoms with van der Waals surface area (Å²) in [5.74, 6) is 0. The van der Waals surface area contributed by atoms with E-state index in [1.807, 2.05) is 0 Å². The number of hydrogen-bond acceptors (Lipinski definition) is 1. The number of quaternary nitrogens is 2. The second kappa shape index (κ2) is 23.8. The minimum atomic E-state index is 0.630. The second-order valence-electron chi connectivity index (χ2n) is 16.5. The lowest BCUT2D eigenvalue weighted by atomic mass is 10.0. The molecule has 0 amide bonds. The van der Waals surface area contributed by atoms with E-state index < -0.39 is 0 Å². The molecule has 0 rings (SSSR count). The van der Waals surface area contributed by atoms with Crippen LogP contribution in [0.25, 0.3) is 0 Å². The highest BCUT2D eigenvalue weighted by molar-refractivity contribution is 5.73. The highest BCUT2D eigenvalue weighted by atomic mass is 15.4. The summed E-state index contributed by atoms with van der Waals surface area (Å²) in [5, 5.41) is 0. The highest BCUT2D eigenvalue weighted by Crippen LogP contribution is 2.28. The van der Waals surface area contributed by atoms with Gasteiger partial charge >= 0.3 is 0 Å². The van der Waals surface area contributed by atoms with Crippen molar-refractivity contribution in [3.8, 4) is 0 Å². The maximum Gasteiger partial charge on any atom is 0.147 e. The molecule has 0 atom stereocenters. The number of nitrogens with one attached hydrogen (secondary N) is 1. The normalized spacial score (nSPS) is 12.6. The molecule has 264 valence electrons. The zero-order valence-corrected chi connectivity index (χ0v) is 35.3. The van der Waals surface area contributed by atoms with Gasteiger partial charge in [0.25, 0.3) is 0 Å². The van der Waals surface area contributed by atoms with Crippen LogP contribution in [-0.2, 0) is 0 Å². The third kappa shape index (κ3) is 18.3. The van der Waals surface area contributed by atoms with Crippen molar-refractivity contribution in [2.45, 2.75) is 253 Å². The molecule has 43 heavy (non-hydrogen) atoms. The Morgan fingerprint density at radius 3 is 0.628 bits per heavy atom. The van der Waals surface area contributed by atoms with E-state index in [1.165, 1.54) is 10.2 Å². The molecule has 0 aliphatic rings. The first-order chi connectivity index (χ1) is 19.2. The fourth-order valence-electron chi connectivity index (χ4n) is 9.00. The van der Waals surface area contributed by atoms with Gasteiger partial charge in [0.1, 0.15) is 17.8 Å². The maximum atomic E-state index is 2.50. The van der Waals surface area contributed by atoms with E-state index in [1.54, 1.807) is 4.90 Å². The van der Waals surface area contributed by atoms with E-state index in [-0.39, 0.29) is 0 Å². The van der Waals surface area contributed by atoms with Gasteiger partial charge in [-0.25, -0.2) is 4.58 Å². The summed E-state index contributed by atoms with van der Waals surface area (Å²) >= 11 is 0. The Labute approximate surface area is 276 Å². The predicted octanol–water partition coefficient (Wildman–Crippen LogP) is 9.34. The topological polar surface area (TPSA) is 10.7 Å². The largest absolute Gasteiger partial charge is 0.329 e. The first-order valence-electron chi connectivity index (χ1n) is 18.3. The molecular weight excluding hydrogens is 524 g/mol.